The summed E-state index contributed by atoms with van der Waals surface area (Å²) in [7, 11) is 1.43. The molecule has 0 saturated carbocycles. The van der Waals surface area contributed by atoms with Crippen LogP contribution < -0.4 is 24.4 Å². The number of fused-ring (bicyclic) bond motifs is 1. The summed E-state index contributed by atoms with van der Waals surface area (Å²) in [6.45, 7) is 4.81. The molecule has 0 spiro atoms. The molecule has 216 valence electrons. The predicted molar refractivity (Wildman–Crippen MR) is 159 cm³/mol. The summed E-state index contributed by atoms with van der Waals surface area (Å²) < 4.78 is 23.8. The van der Waals surface area contributed by atoms with Crippen LogP contribution >= 0.6 is 34.5 Å². The van der Waals surface area contributed by atoms with E-state index in [9.17, 15) is 14.4 Å². The van der Waals surface area contributed by atoms with E-state index in [1.54, 1.807) is 68.5 Å². The van der Waals surface area contributed by atoms with Gasteiger partial charge in [0.2, 0.25) is 0 Å². The number of hydrogen-bond donors (Lipinski definition) is 0. The Morgan fingerprint density at radius 3 is 2.57 bits per heavy atom. The SMILES string of the molecule is CCOC(=O)C1=C(C)N=c2sc(=Cc3ccc(-c4ccc(Cl)c(Cl)c4)o3)c(=O)n2C1c1ccc(OC(C)=O)c(OC)c1. The molecule has 2 aromatic carbocycles. The number of ether oxygens (including phenoxy) is 3. The number of methoxy groups -OCH3 is 1. The van der Waals surface area contributed by atoms with E-state index in [1.165, 1.54) is 18.6 Å². The van der Waals surface area contributed by atoms with Crippen LogP contribution in [0.1, 0.15) is 38.1 Å². The highest BCUT2D eigenvalue weighted by atomic mass is 35.5. The summed E-state index contributed by atoms with van der Waals surface area (Å²) >= 11 is 13.4. The molecule has 1 unspecified atom stereocenters. The molecule has 2 aromatic heterocycles. The molecule has 0 fully saturated rings. The third kappa shape index (κ3) is 5.65. The zero-order valence-electron chi connectivity index (χ0n) is 22.9. The number of rotatable bonds is 7. The van der Waals surface area contributed by atoms with Crippen LogP contribution in [-0.2, 0) is 14.3 Å². The normalized spacial score (nSPS) is 14.8. The molecule has 0 amide bonds. The Morgan fingerprint density at radius 2 is 1.88 bits per heavy atom. The molecular weight excluding hydrogens is 603 g/mol. The van der Waals surface area contributed by atoms with Gasteiger partial charge in [0.1, 0.15) is 11.5 Å². The largest absolute Gasteiger partial charge is 0.493 e. The third-order valence-electron chi connectivity index (χ3n) is 6.38. The molecule has 0 saturated heterocycles. The molecule has 0 N–H and O–H groups in total. The lowest BCUT2D eigenvalue weighted by molar-refractivity contribution is -0.139. The number of aromatic nitrogens is 1. The van der Waals surface area contributed by atoms with E-state index in [4.69, 9.17) is 41.8 Å². The van der Waals surface area contributed by atoms with E-state index in [2.05, 4.69) is 4.99 Å². The highest BCUT2D eigenvalue weighted by Gasteiger charge is 2.34. The molecule has 5 rings (SSSR count). The van der Waals surface area contributed by atoms with Gasteiger partial charge in [-0.3, -0.25) is 14.2 Å². The molecular formula is C30H24Cl2N2O7S. The van der Waals surface area contributed by atoms with Gasteiger partial charge in [0.25, 0.3) is 5.56 Å². The second-order valence-corrected chi connectivity index (χ2v) is 11.0. The Labute approximate surface area is 253 Å². The summed E-state index contributed by atoms with van der Waals surface area (Å²) in [5.74, 6) is 0.330. The fourth-order valence-corrected chi connectivity index (χ4v) is 5.89. The van der Waals surface area contributed by atoms with E-state index in [-0.39, 0.29) is 29.2 Å². The Bertz CT molecular complexity index is 1940. The summed E-state index contributed by atoms with van der Waals surface area (Å²) in [6, 6.07) is 12.6. The summed E-state index contributed by atoms with van der Waals surface area (Å²) in [5.41, 5.74) is 1.50. The number of furan rings is 1. The number of hydrogen-bond acceptors (Lipinski definition) is 9. The van der Waals surface area contributed by atoms with E-state index in [1.807, 2.05) is 0 Å². The van der Waals surface area contributed by atoms with Gasteiger partial charge in [-0.15, -0.1) is 0 Å². The van der Waals surface area contributed by atoms with E-state index >= 15 is 0 Å². The number of esters is 2. The maximum Gasteiger partial charge on any atom is 0.338 e. The lowest BCUT2D eigenvalue weighted by Gasteiger charge is -2.25. The minimum absolute atomic E-state index is 0.140. The zero-order valence-corrected chi connectivity index (χ0v) is 25.2. The van der Waals surface area contributed by atoms with Crippen LogP contribution in [0.4, 0.5) is 0 Å². The molecule has 4 aromatic rings. The molecule has 0 aliphatic carbocycles. The average molecular weight is 628 g/mol. The first-order chi connectivity index (χ1) is 20.1. The van der Waals surface area contributed by atoms with Crippen molar-refractivity contribution in [2.75, 3.05) is 13.7 Å². The first-order valence-corrected chi connectivity index (χ1v) is 14.3. The van der Waals surface area contributed by atoms with Gasteiger partial charge in [-0.25, -0.2) is 9.79 Å². The zero-order chi connectivity index (χ0) is 30.1. The Balaban J connectivity index is 1.64. The van der Waals surface area contributed by atoms with Crippen molar-refractivity contribution in [3.05, 3.63) is 101 Å². The van der Waals surface area contributed by atoms with Gasteiger partial charge in [-0.1, -0.05) is 40.6 Å². The van der Waals surface area contributed by atoms with Crippen molar-refractivity contribution in [3.8, 4) is 22.8 Å². The molecule has 1 aliphatic rings. The van der Waals surface area contributed by atoms with Crippen LogP contribution in [0.25, 0.3) is 17.4 Å². The van der Waals surface area contributed by atoms with Crippen LogP contribution in [0.5, 0.6) is 11.5 Å². The number of halogens is 2. The third-order valence-corrected chi connectivity index (χ3v) is 8.10. The molecule has 12 heteroatoms. The van der Waals surface area contributed by atoms with Crippen molar-refractivity contribution < 1.29 is 28.2 Å². The van der Waals surface area contributed by atoms with Crippen LogP contribution in [0.15, 0.2) is 74.0 Å². The standard InChI is InChI=1S/C30H24Cl2N2O7S/c1-5-39-29(37)26-15(2)33-30-34(27(26)18-7-10-23(40-16(3)35)24(13-18)38-4)28(36)25(42-30)14-19-8-11-22(41-19)17-6-9-20(31)21(32)12-17/h6-14,27H,5H2,1-4H3. The van der Waals surface area contributed by atoms with Crippen LogP contribution in [-0.4, -0.2) is 30.2 Å². The van der Waals surface area contributed by atoms with Crippen LogP contribution in [0, 0.1) is 0 Å². The van der Waals surface area contributed by atoms with Crippen molar-refractivity contribution in [3.63, 3.8) is 0 Å². The van der Waals surface area contributed by atoms with Gasteiger partial charge in [0, 0.05) is 18.6 Å². The van der Waals surface area contributed by atoms with Crippen LogP contribution in [0.2, 0.25) is 10.0 Å². The van der Waals surface area contributed by atoms with Crippen molar-refractivity contribution in [1.82, 2.24) is 4.57 Å². The quantitative estimate of drug-likeness (QED) is 0.202. The van der Waals surface area contributed by atoms with E-state index in [0.717, 1.165) is 16.9 Å². The number of benzene rings is 2. The predicted octanol–water partition coefficient (Wildman–Crippen LogP) is 5.30. The topological polar surface area (TPSA) is 109 Å². The highest BCUT2D eigenvalue weighted by molar-refractivity contribution is 7.07. The van der Waals surface area contributed by atoms with Gasteiger partial charge in [-0.05, 0) is 61.9 Å². The smallest absolute Gasteiger partial charge is 0.338 e. The van der Waals surface area contributed by atoms with E-state index in [0.29, 0.717) is 42.2 Å². The molecule has 9 nitrogen and oxygen atoms in total. The maximum absolute atomic E-state index is 13.9. The first kappa shape index (κ1) is 29.4. The number of allylic oxidation sites excluding steroid dienone is 1. The molecule has 1 aliphatic heterocycles. The molecule has 42 heavy (non-hydrogen) atoms. The van der Waals surface area contributed by atoms with Gasteiger partial charge in [-0.2, -0.15) is 0 Å². The lowest BCUT2D eigenvalue weighted by Crippen LogP contribution is -2.39. The summed E-state index contributed by atoms with van der Waals surface area (Å²) in [4.78, 5) is 43.6. The molecule has 1 atom stereocenters. The van der Waals surface area contributed by atoms with Gasteiger partial charge >= 0.3 is 11.9 Å². The Kier molecular flexibility index (Phi) is 8.40. The second-order valence-electron chi connectivity index (χ2n) is 9.14. The molecule has 0 bridgehead atoms. The fraction of sp³-hybridized carbons (Fsp3) is 0.200. The maximum atomic E-state index is 13.9. The second kappa shape index (κ2) is 12.0. The van der Waals surface area contributed by atoms with Crippen LogP contribution in [0.3, 0.4) is 0 Å². The Morgan fingerprint density at radius 1 is 1.10 bits per heavy atom. The average Bonchev–Trinajstić information content (AvgIpc) is 3.53. The number of thiazole rings is 1. The minimum Gasteiger partial charge on any atom is -0.493 e. The summed E-state index contributed by atoms with van der Waals surface area (Å²) in [5, 5.41) is 0.824. The summed E-state index contributed by atoms with van der Waals surface area (Å²) in [6.07, 6.45) is 1.62. The lowest BCUT2D eigenvalue weighted by atomic mass is 9.95. The Hall–Kier alpha value is -4.12. The first-order valence-electron chi connectivity index (χ1n) is 12.7. The number of carbonyl (C=O) groups excluding carboxylic acids is 2. The number of carbonyl (C=O) groups is 2. The fourth-order valence-electron chi connectivity index (χ4n) is 4.56. The van der Waals surface area contributed by atoms with E-state index < -0.39 is 18.0 Å². The minimum atomic E-state index is -0.883. The van der Waals surface area contributed by atoms with Crippen molar-refractivity contribution in [2.24, 2.45) is 4.99 Å². The van der Waals surface area contributed by atoms with Crippen molar-refractivity contribution in [1.29, 1.82) is 0 Å². The van der Waals surface area contributed by atoms with Gasteiger partial charge in [0.15, 0.2) is 16.3 Å². The molecule has 3 heterocycles. The van der Waals surface area contributed by atoms with Gasteiger partial charge < -0.3 is 18.6 Å². The monoisotopic (exact) mass is 626 g/mol. The number of nitrogens with zero attached hydrogens (tertiary/aromatic N) is 2. The highest BCUT2D eigenvalue weighted by Crippen LogP contribution is 2.36. The van der Waals surface area contributed by atoms with Crippen molar-refractivity contribution >= 4 is 52.6 Å². The van der Waals surface area contributed by atoms with Gasteiger partial charge in [0.05, 0.1) is 45.6 Å². The molecule has 0 radical (unpaired) electrons. The van der Waals surface area contributed by atoms with Crippen molar-refractivity contribution in [2.45, 2.75) is 26.8 Å².